The van der Waals surface area contributed by atoms with Crippen molar-refractivity contribution in [3.8, 4) is 5.75 Å². The Morgan fingerprint density at radius 1 is 1.19 bits per heavy atom. The molecule has 118 valence electrons. The summed E-state index contributed by atoms with van der Waals surface area (Å²) in [7, 11) is 1.85. The highest BCUT2D eigenvalue weighted by atomic mass is 16.5. The minimum atomic E-state index is -0.0955. The highest BCUT2D eigenvalue weighted by molar-refractivity contribution is 5.38. The van der Waals surface area contributed by atoms with Crippen LogP contribution in [0.4, 0.5) is 0 Å². The molecule has 0 saturated heterocycles. The molecule has 1 N–H and O–H groups in total. The lowest BCUT2D eigenvalue weighted by Crippen LogP contribution is -2.43. The van der Waals surface area contributed by atoms with E-state index >= 15 is 0 Å². The number of rotatable bonds is 8. The molecule has 1 aliphatic rings. The molecule has 1 aromatic carbocycles. The van der Waals surface area contributed by atoms with E-state index in [0.717, 1.165) is 38.2 Å². The van der Waals surface area contributed by atoms with Gasteiger partial charge < -0.3 is 14.8 Å². The topological polar surface area (TPSA) is 30.5 Å². The summed E-state index contributed by atoms with van der Waals surface area (Å²) in [5, 5.41) is 3.64. The normalized spacial score (nSPS) is 18.6. The van der Waals surface area contributed by atoms with Crippen molar-refractivity contribution in [3.05, 3.63) is 29.8 Å². The van der Waals surface area contributed by atoms with Gasteiger partial charge in [-0.05, 0) is 31.9 Å². The number of likely N-dealkylation sites (N-methyl/N-ethyl adjacent to an activating group) is 1. The van der Waals surface area contributed by atoms with Crippen molar-refractivity contribution in [2.45, 2.75) is 57.6 Å². The number of hydrogen-bond donors (Lipinski definition) is 1. The third-order valence-electron chi connectivity index (χ3n) is 4.48. The number of ether oxygens (including phenoxy) is 2. The second kappa shape index (κ2) is 7.81. The zero-order valence-corrected chi connectivity index (χ0v) is 13.7. The lowest BCUT2D eigenvalue weighted by atomic mass is 9.86. The fraction of sp³-hybridized carbons (Fsp3) is 0.667. The molecule has 1 fully saturated rings. The molecule has 0 bridgehead atoms. The Morgan fingerprint density at radius 2 is 1.90 bits per heavy atom. The molecule has 21 heavy (non-hydrogen) atoms. The van der Waals surface area contributed by atoms with E-state index in [1.54, 1.807) is 0 Å². The van der Waals surface area contributed by atoms with E-state index in [4.69, 9.17) is 9.47 Å². The largest absolute Gasteiger partial charge is 0.493 e. The molecule has 1 unspecified atom stereocenters. The van der Waals surface area contributed by atoms with E-state index in [0.29, 0.717) is 0 Å². The fourth-order valence-electron chi connectivity index (χ4n) is 3.43. The number of benzene rings is 1. The summed E-state index contributed by atoms with van der Waals surface area (Å²) in [6, 6.07) is 8.59. The SMILES string of the molecule is CCCOc1ccccc1C(NCC)C1(OC)CCCC1. The first-order valence-corrected chi connectivity index (χ1v) is 8.27. The van der Waals surface area contributed by atoms with Gasteiger partial charge in [0.15, 0.2) is 0 Å². The zero-order chi connectivity index (χ0) is 15.1. The van der Waals surface area contributed by atoms with Gasteiger partial charge in [-0.25, -0.2) is 0 Å². The summed E-state index contributed by atoms with van der Waals surface area (Å²) in [6.07, 6.45) is 5.74. The highest BCUT2D eigenvalue weighted by Crippen LogP contribution is 2.44. The third kappa shape index (κ3) is 3.58. The number of methoxy groups -OCH3 is 1. The average Bonchev–Trinajstić information content (AvgIpc) is 3.01. The van der Waals surface area contributed by atoms with Gasteiger partial charge in [-0.1, -0.05) is 44.9 Å². The maximum atomic E-state index is 6.01. The minimum absolute atomic E-state index is 0.0955. The second-order valence-corrected chi connectivity index (χ2v) is 5.85. The van der Waals surface area contributed by atoms with Gasteiger partial charge in [0, 0.05) is 12.7 Å². The average molecular weight is 291 g/mol. The van der Waals surface area contributed by atoms with E-state index in [1.807, 2.05) is 13.2 Å². The fourth-order valence-corrected chi connectivity index (χ4v) is 3.43. The predicted molar refractivity (Wildman–Crippen MR) is 86.9 cm³/mol. The molecule has 3 heteroatoms. The van der Waals surface area contributed by atoms with Crippen molar-refractivity contribution in [1.29, 1.82) is 0 Å². The molecular formula is C18H29NO2. The molecule has 1 atom stereocenters. The summed E-state index contributed by atoms with van der Waals surface area (Å²) in [6.45, 7) is 5.98. The van der Waals surface area contributed by atoms with E-state index in [-0.39, 0.29) is 11.6 Å². The summed E-state index contributed by atoms with van der Waals surface area (Å²) in [5.41, 5.74) is 1.14. The van der Waals surface area contributed by atoms with Crippen LogP contribution in [0, 0.1) is 0 Å². The van der Waals surface area contributed by atoms with Crippen LogP contribution in [-0.4, -0.2) is 25.9 Å². The summed E-state index contributed by atoms with van der Waals surface area (Å²) >= 11 is 0. The van der Waals surface area contributed by atoms with Gasteiger partial charge in [0.05, 0.1) is 18.2 Å². The third-order valence-corrected chi connectivity index (χ3v) is 4.48. The van der Waals surface area contributed by atoms with Crippen molar-refractivity contribution < 1.29 is 9.47 Å². The molecule has 1 aliphatic carbocycles. The summed E-state index contributed by atoms with van der Waals surface area (Å²) in [5.74, 6) is 0.994. The second-order valence-electron chi connectivity index (χ2n) is 5.85. The number of hydrogen-bond acceptors (Lipinski definition) is 3. The zero-order valence-electron chi connectivity index (χ0n) is 13.7. The first kappa shape index (κ1) is 16.3. The number of nitrogens with one attached hydrogen (secondary N) is 1. The van der Waals surface area contributed by atoms with E-state index in [9.17, 15) is 0 Å². The molecule has 0 amide bonds. The monoisotopic (exact) mass is 291 g/mol. The van der Waals surface area contributed by atoms with Gasteiger partial charge in [-0.15, -0.1) is 0 Å². The Hall–Kier alpha value is -1.06. The molecule has 3 nitrogen and oxygen atoms in total. The van der Waals surface area contributed by atoms with Crippen LogP contribution in [0.1, 0.15) is 57.6 Å². The Balaban J connectivity index is 2.33. The molecule has 0 aromatic heterocycles. The first-order chi connectivity index (χ1) is 10.3. The highest BCUT2D eigenvalue weighted by Gasteiger charge is 2.43. The van der Waals surface area contributed by atoms with Gasteiger partial charge in [-0.2, -0.15) is 0 Å². The van der Waals surface area contributed by atoms with Crippen LogP contribution >= 0.6 is 0 Å². The van der Waals surface area contributed by atoms with Crippen LogP contribution < -0.4 is 10.1 Å². The summed E-state index contributed by atoms with van der Waals surface area (Å²) < 4.78 is 12.0. The van der Waals surface area contributed by atoms with Crippen LogP contribution in [0.15, 0.2) is 24.3 Å². The van der Waals surface area contributed by atoms with Crippen molar-refractivity contribution in [2.24, 2.45) is 0 Å². The van der Waals surface area contributed by atoms with E-state index in [1.165, 1.54) is 18.4 Å². The molecule has 0 aliphatic heterocycles. The maximum Gasteiger partial charge on any atom is 0.124 e. The van der Waals surface area contributed by atoms with Gasteiger partial charge >= 0.3 is 0 Å². The molecule has 1 aromatic rings. The maximum absolute atomic E-state index is 6.01. The van der Waals surface area contributed by atoms with Crippen LogP contribution in [0.3, 0.4) is 0 Å². The molecule has 1 saturated carbocycles. The van der Waals surface area contributed by atoms with Crippen LogP contribution in [0.2, 0.25) is 0 Å². The predicted octanol–water partition coefficient (Wildman–Crippen LogP) is 4.09. The Morgan fingerprint density at radius 3 is 2.52 bits per heavy atom. The van der Waals surface area contributed by atoms with Crippen LogP contribution in [0.5, 0.6) is 5.75 Å². The Labute approximate surface area is 129 Å². The van der Waals surface area contributed by atoms with E-state index in [2.05, 4.69) is 37.4 Å². The minimum Gasteiger partial charge on any atom is -0.493 e. The standard InChI is InChI=1S/C18H29NO2/c1-4-14-21-16-11-7-6-10-15(16)17(19-5-2)18(20-3)12-8-9-13-18/h6-7,10-11,17,19H,4-5,8-9,12-14H2,1-3H3. The molecule has 2 rings (SSSR count). The van der Waals surface area contributed by atoms with Crippen molar-refractivity contribution >= 4 is 0 Å². The smallest absolute Gasteiger partial charge is 0.124 e. The quantitative estimate of drug-likeness (QED) is 0.782. The molecular weight excluding hydrogens is 262 g/mol. The van der Waals surface area contributed by atoms with Crippen LogP contribution in [0.25, 0.3) is 0 Å². The first-order valence-electron chi connectivity index (χ1n) is 8.27. The van der Waals surface area contributed by atoms with E-state index < -0.39 is 0 Å². The Kier molecular flexibility index (Phi) is 6.07. The molecule has 0 spiro atoms. The van der Waals surface area contributed by atoms with Gasteiger partial charge in [-0.3, -0.25) is 0 Å². The van der Waals surface area contributed by atoms with Crippen molar-refractivity contribution in [2.75, 3.05) is 20.3 Å². The van der Waals surface area contributed by atoms with Crippen molar-refractivity contribution in [3.63, 3.8) is 0 Å². The number of para-hydroxylation sites is 1. The van der Waals surface area contributed by atoms with Gasteiger partial charge in [0.2, 0.25) is 0 Å². The molecule has 0 radical (unpaired) electrons. The summed E-state index contributed by atoms with van der Waals surface area (Å²) in [4.78, 5) is 0. The van der Waals surface area contributed by atoms with Crippen LogP contribution in [-0.2, 0) is 4.74 Å². The Bertz CT molecular complexity index is 427. The lowest BCUT2D eigenvalue weighted by molar-refractivity contribution is -0.0370. The molecule has 0 heterocycles. The lowest BCUT2D eigenvalue weighted by Gasteiger charge is -2.38. The van der Waals surface area contributed by atoms with Gasteiger partial charge in [0.1, 0.15) is 5.75 Å². The van der Waals surface area contributed by atoms with Gasteiger partial charge in [0.25, 0.3) is 0 Å². The van der Waals surface area contributed by atoms with Crippen molar-refractivity contribution in [1.82, 2.24) is 5.32 Å².